The minimum atomic E-state index is -0.952. The van der Waals surface area contributed by atoms with Gasteiger partial charge >= 0.3 is 17.9 Å². The Kier molecular flexibility index (Phi) is 11.5. The summed E-state index contributed by atoms with van der Waals surface area (Å²) in [6, 6.07) is 7.69. The molecule has 0 unspecified atom stereocenters. The van der Waals surface area contributed by atoms with Gasteiger partial charge in [-0.25, -0.2) is 14.4 Å². The Bertz CT molecular complexity index is 1260. The van der Waals surface area contributed by atoms with Gasteiger partial charge in [0.05, 0.1) is 24.3 Å². The van der Waals surface area contributed by atoms with Crippen LogP contribution in [0.25, 0.3) is 6.08 Å². The van der Waals surface area contributed by atoms with Crippen LogP contribution in [0.5, 0.6) is 0 Å². The van der Waals surface area contributed by atoms with E-state index in [1.165, 1.54) is 24.3 Å². The Balaban J connectivity index is 2.14. The van der Waals surface area contributed by atoms with Crippen molar-refractivity contribution in [2.45, 2.75) is 54.5 Å². The average molecular weight is 538 g/mol. The highest BCUT2D eigenvalue weighted by molar-refractivity contribution is 6.02. The quantitative estimate of drug-likeness (QED) is 0.180. The number of hydrogen-bond acceptors (Lipinski definition) is 8. The van der Waals surface area contributed by atoms with Crippen molar-refractivity contribution in [1.82, 2.24) is 4.57 Å². The fourth-order valence-electron chi connectivity index (χ4n) is 3.77. The van der Waals surface area contributed by atoms with Crippen LogP contribution in [0.2, 0.25) is 0 Å². The van der Waals surface area contributed by atoms with Gasteiger partial charge in [0.2, 0.25) is 0 Å². The van der Waals surface area contributed by atoms with E-state index in [9.17, 15) is 24.4 Å². The average Bonchev–Trinajstić information content (AvgIpc) is 3.16. The second-order valence-electron chi connectivity index (χ2n) is 9.19. The number of aromatic nitrogens is 1. The summed E-state index contributed by atoms with van der Waals surface area (Å²) >= 11 is 0. The fraction of sp³-hybridized carbons (Fsp3) is 0.414. The Labute approximate surface area is 228 Å². The monoisotopic (exact) mass is 537 g/mol. The van der Waals surface area contributed by atoms with Crippen LogP contribution in [0, 0.1) is 31.1 Å². The number of nitriles is 1. The van der Waals surface area contributed by atoms with Crippen molar-refractivity contribution in [2.75, 3.05) is 25.1 Å². The van der Waals surface area contributed by atoms with Crippen LogP contribution >= 0.6 is 0 Å². The molecule has 2 aromatic rings. The molecule has 0 saturated heterocycles. The third-order valence-corrected chi connectivity index (χ3v) is 5.76. The number of carbonyl (C=O) groups is 4. The second kappa shape index (κ2) is 14.5. The summed E-state index contributed by atoms with van der Waals surface area (Å²) in [5.41, 5.74) is 2.58. The van der Waals surface area contributed by atoms with Crippen molar-refractivity contribution in [3.8, 4) is 6.07 Å². The smallest absolute Gasteiger partial charge is 0.349 e. The van der Waals surface area contributed by atoms with Crippen LogP contribution in [0.1, 0.15) is 71.8 Å². The van der Waals surface area contributed by atoms with E-state index >= 15 is 0 Å². The molecular weight excluding hydrogens is 502 g/mol. The molecule has 1 heterocycles. The molecule has 0 fully saturated rings. The highest BCUT2D eigenvalue weighted by Crippen LogP contribution is 2.21. The summed E-state index contributed by atoms with van der Waals surface area (Å²) in [5, 5.41) is 12.0. The number of ether oxygens (including phenoxy) is 3. The lowest BCUT2D eigenvalue weighted by Gasteiger charge is -2.11. The van der Waals surface area contributed by atoms with E-state index in [0.717, 1.165) is 29.9 Å². The van der Waals surface area contributed by atoms with Crippen molar-refractivity contribution < 1.29 is 33.4 Å². The maximum atomic E-state index is 12.6. The molecule has 0 radical (unpaired) electrons. The van der Waals surface area contributed by atoms with Crippen LogP contribution in [0.3, 0.4) is 0 Å². The molecule has 0 aliphatic carbocycles. The number of carbonyl (C=O) groups excluding carboxylic acids is 4. The van der Waals surface area contributed by atoms with Gasteiger partial charge in [-0.1, -0.05) is 13.8 Å². The van der Waals surface area contributed by atoms with Crippen molar-refractivity contribution in [3.05, 3.63) is 57.9 Å². The van der Waals surface area contributed by atoms with Gasteiger partial charge < -0.3 is 24.1 Å². The molecule has 10 heteroatoms. The SMILES string of the molecule is CCOC(=O)c1cc(NC(=O)COC(=O)/C(C#N)=C/c2cc(C)n(CCC(C)C)c2C)cc(C(=O)OCC)c1. The van der Waals surface area contributed by atoms with E-state index in [-0.39, 0.29) is 35.6 Å². The topological polar surface area (TPSA) is 137 Å². The summed E-state index contributed by atoms with van der Waals surface area (Å²) in [5.74, 6) is -2.52. The van der Waals surface area contributed by atoms with Crippen molar-refractivity contribution in [3.63, 3.8) is 0 Å². The largest absolute Gasteiger partial charge is 0.462 e. The van der Waals surface area contributed by atoms with Gasteiger partial charge in [0, 0.05) is 23.6 Å². The van der Waals surface area contributed by atoms with Gasteiger partial charge in [-0.15, -0.1) is 0 Å². The summed E-state index contributed by atoms with van der Waals surface area (Å²) in [4.78, 5) is 49.5. The Morgan fingerprint density at radius 3 is 2.08 bits per heavy atom. The van der Waals surface area contributed by atoms with E-state index in [1.54, 1.807) is 13.8 Å². The molecular formula is C29H35N3O7. The second-order valence-corrected chi connectivity index (χ2v) is 9.19. The van der Waals surface area contributed by atoms with Gasteiger partial charge in [-0.3, -0.25) is 4.79 Å². The fourth-order valence-corrected chi connectivity index (χ4v) is 3.77. The lowest BCUT2D eigenvalue weighted by molar-refractivity contribution is -0.142. The number of hydrogen-bond donors (Lipinski definition) is 1. The van der Waals surface area contributed by atoms with Gasteiger partial charge in [0.1, 0.15) is 11.6 Å². The first-order valence-corrected chi connectivity index (χ1v) is 12.7. The molecule has 0 spiro atoms. The zero-order chi connectivity index (χ0) is 29.1. The van der Waals surface area contributed by atoms with Gasteiger partial charge in [-0.2, -0.15) is 5.26 Å². The molecule has 1 aromatic heterocycles. The standard InChI is InChI=1S/C29H35N3O7/c1-7-37-27(34)22-13-23(28(35)38-8-2)15-25(14-22)31-26(33)17-39-29(36)24(16-30)12-21-11-19(5)32(20(21)6)10-9-18(3)4/h11-15,18H,7-10,17H2,1-6H3,(H,31,33)/b24-12+. The number of benzene rings is 1. The number of aryl methyl sites for hydroxylation is 1. The lowest BCUT2D eigenvalue weighted by atomic mass is 10.1. The molecule has 1 aromatic carbocycles. The van der Waals surface area contributed by atoms with Crippen LogP contribution < -0.4 is 5.32 Å². The minimum Gasteiger partial charge on any atom is -0.462 e. The van der Waals surface area contributed by atoms with E-state index in [1.807, 2.05) is 26.0 Å². The number of amides is 1. The number of nitrogens with one attached hydrogen (secondary N) is 1. The van der Waals surface area contributed by atoms with Gasteiger partial charge in [0.25, 0.3) is 5.91 Å². The molecule has 10 nitrogen and oxygen atoms in total. The van der Waals surface area contributed by atoms with Crippen molar-refractivity contribution in [1.29, 1.82) is 5.26 Å². The summed E-state index contributed by atoms with van der Waals surface area (Å²) < 4.78 is 17.1. The summed E-state index contributed by atoms with van der Waals surface area (Å²) in [6.07, 6.45) is 2.44. The molecule has 1 amide bonds. The molecule has 2 rings (SSSR count). The zero-order valence-corrected chi connectivity index (χ0v) is 23.3. The van der Waals surface area contributed by atoms with Gasteiger partial charge in [0.15, 0.2) is 6.61 Å². The summed E-state index contributed by atoms with van der Waals surface area (Å²) in [6.45, 7) is 11.8. The first kappa shape index (κ1) is 30.8. The molecule has 208 valence electrons. The Morgan fingerprint density at radius 1 is 0.974 bits per heavy atom. The first-order valence-electron chi connectivity index (χ1n) is 12.7. The van der Waals surface area contributed by atoms with E-state index in [2.05, 4.69) is 23.7 Å². The number of nitrogens with zero attached hydrogens (tertiary/aromatic N) is 2. The molecule has 0 bridgehead atoms. The van der Waals surface area contributed by atoms with E-state index in [4.69, 9.17) is 14.2 Å². The predicted octanol–water partition coefficient (Wildman–Crippen LogP) is 4.59. The Hall–Kier alpha value is -4.39. The number of rotatable bonds is 12. The molecule has 0 aliphatic rings. The molecule has 0 aliphatic heterocycles. The number of esters is 3. The summed E-state index contributed by atoms with van der Waals surface area (Å²) in [7, 11) is 0. The maximum Gasteiger partial charge on any atom is 0.349 e. The minimum absolute atomic E-state index is 0.0374. The Morgan fingerprint density at radius 2 is 1.56 bits per heavy atom. The number of anilines is 1. The van der Waals surface area contributed by atoms with E-state index < -0.39 is 30.4 Å². The maximum absolute atomic E-state index is 12.6. The van der Waals surface area contributed by atoms with Crippen LogP contribution in [0.15, 0.2) is 29.8 Å². The highest BCUT2D eigenvalue weighted by Gasteiger charge is 2.18. The molecule has 0 atom stereocenters. The van der Waals surface area contributed by atoms with Crippen LogP contribution in [-0.4, -0.2) is 48.2 Å². The molecule has 39 heavy (non-hydrogen) atoms. The third-order valence-electron chi connectivity index (χ3n) is 5.76. The third kappa shape index (κ3) is 8.85. The highest BCUT2D eigenvalue weighted by atomic mass is 16.5. The lowest BCUT2D eigenvalue weighted by Crippen LogP contribution is -2.22. The van der Waals surface area contributed by atoms with Gasteiger partial charge in [-0.05, 0) is 75.9 Å². The zero-order valence-electron chi connectivity index (χ0n) is 23.3. The van der Waals surface area contributed by atoms with Crippen LogP contribution in [-0.2, 0) is 30.3 Å². The normalized spacial score (nSPS) is 11.1. The molecule has 1 N–H and O–H groups in total. The van der Waals surface area contributed by atoms with E-state index in [0.29, 0.717) is 5.92 Å². The van der Waals surface area contributed by atoms with Crippen molar-refractivity contribution in [2.24, 2.45) is 5.92 Å². The molecule has 0 saturated carbocycles. The first-order chi connectivity index (χ1) is 18.5. The van der Waals surface area contributed by atoms with Crippen molar-refractivity contribution >= 4 is 35.6 Å². The van der Waals surface area contributed by atoms with Crippen LogP contribution in [0.4, 0.5) is 5.69 Å². The predicted molar refractivity (Wildman–Crippen MR) is 145 cm³/mol.